The van der Waals surface area contributed by atoms with Gasteiger partial charge in [0.15, 0.2) is 0 Å². The van der Waals surface area contributed by atoms with Crippen molar-refractivity contribution in [2.24, 2.45) is 5.73 Å². The van der Waals surface area contributed by atoms with Crippen LogP contribution in [0.15, 0.2) is 0 Å². The maximum absolute atomic E-state index is 6.19. The molecule has 0 bridgehead atoms. The van der Waals surface area contributed by atoms with Crippen molar-refractivity contribution >= 4 is 11.8 Å². The summed E-state index contributed by atoms with van der Waals surface area (Å²) < 4.78 is 0. The maximum atomic E-state index is 6.19. The molecule has 3 aliphatic heterocycles. The number of nitrogens with two attached hydrogens (primary N) is 1. The fourth-order valence-electron chi connectivity index (χ4n) is 4.31. The zero-order valence-corrected chi connectivity index (χ0v) is 13.1. The van der Waals surface area contributed by atoms with Gasteiger partial charge in [-0.3, -0.25) is 9.80 Å². The molecule has 0 aromatic heterocycles. The predicted molar refractivity (Wildman–Crippen MR) is 83.7 cm³/mol. The Balaban J connectivity index is 1.64. The molecular formula is C15H29N3S. The van der Waals surface area contributed by atoms with Crippen LogP contribution in [0.2, 0.25) is 0 Å². The van der Waals surface area contributed by atoms with Crippen LogP contribution in [0.1, 0.15) is 39.0 Å². The van der Waals surface area contributed by atoms with E-state index in [4.69, 9.17) is 5.73 Å². The van der Waals surface area contributed by atoms with Gasteiger partial charge in [-0.25, -0.2) is 0 Å². The summed E-state index contributed by atoms with van der Waals surface area (Å²) in [4.78, 5) is 5.50. The average molecular weight is 283 g/mol. The smallest absolute Gasteiger partial charge is 0.0455 e. The molecule has 3 saturated heterocycles. The van der Waals surface area contributed by atoms with Gasteiger partial charge >= 0.3 is 0 Å². The van der Waals surface area contributed by atoms with Crippen LogP contribution < -0.4 is 5.73 Å². The molecule has 4 heteroatoms. The van der Waals surface area contributed by atoms with Crippen molar-refractivity contribution in [2.75, 3.05) is 38.5 Å². The summed E-state index contributed by atoms with van der Waals surface area (Å²) in [5.74, 6) is 1.29. The second-order valence-electron chi connectivity index (χ2n) is 6.56. The SMILES string of the molecule is CC1SCCC1(CN)N1CCC(N2CCCCC2)C1. The van der Waals surface area contributed by atoms with Gasteiger partial charge in [0, 0.05) is 36.5 Å². The highest BCUT2D eigenvalue weighted by Gasteiger charge is 2.47. The van der Waals surface area contributed by atoms with Gasteiger partial charge in [-0.2, -0.15) is 11.8 Å². The summed E-state index contributed by atoms with van der Waals surface area (Å²) in [6.45, 7) is 8.43. The lowest BCUT2D eigenvalue weighted by Gasteiger charge is -2.42. The Kier molecular flexibility index (Phi) is 4.42. The predicted octanol–water partition coefficient (Wildman–Crippen LogP) is 1.77. The van der Waals surface area contributed by atoms with E-state index in [0.29, 0.717) is 10.8 Å². The highest BCUT2D eigenvalue weighted by atomic mass is 32.2. The van der Waals surface area contributed by atoms with Gasteiger partial charge < -0.3 is 5.73 Å². The second kappa shape index (κ2) is 5.92. The zero-order chi connectivity index (χ0) is 13.3. The van der Waals surface area contributed by atoms with Crippen LogP contribution in [-0.2, 0) is 0 Å². The standard InChI is InChI=1S/C15H29N3S/c1-13-15(12-16,6-10-19-13)18-9-5-14(11-18)17-7-3-2-4-8-17/h13-14H,2-12,16H2,1H3. The van der Waals surface area contributed by atoms with Crippen LogP contribution in [0.3, 0.4) is 0 Å². The second-order valence-corrected chi connectivity index (χ2v) is 8.00. The van der Waals surface area contributed by atoms with Crippen molar-refractivity contribution in [3.8, 4) is 0 Å². The van der Waals surface area contributed by atoms with Crippen molar-refractivity contribution in [1.29, 1.82) is 0 Å². The lowest BCUT2D eigenvalue weighted by atomic mass is 9.91. The van der Waals surface area contributed by atoms with Crippen molar-refractivity contribution in [3.05, 3.63) is 0 Å². The van der Waals surface area contributed by atoms with E-state index >= 15 is 0 Å². The van der Waals surface area contributed by atoms with Gasteiger partial charge in [0.25, 0.3) is 0 Å². The van der Waals surface area contributed by atoms with E-state index in [1.807, 2.05) is 0 Å². The lowest BCUT2D eigenvalue weighted by Crippen LogP contribution is -2.57. The Labute approximate surface area is 122 Å². The van der Waals surface area contributed by atoms with Crippen molar-refractivity contribution < 1.29 is 0 Å². The number of rotatable bonds is 3. The molecule has 110 valence electrons. The molecule has 0 aliphatic carbocycles. The minimum Gasteiger partial charge on any atom is -0.329 e. The fraction of sp³-hybridized carbons (Fsp3) is 1.00. The van der Waals surface area contributed by atoms with Crippen LogP contribution in [0.4, 0.5) is 0 Å². The lowest BCUT2D eigenvalue weighted by molar-refractivity contribution is 0.104. The van der Waals surface area contributed by atoms with Gasteiger partial charge in [-0.05, 0) is 44.5 Å². The normalized spacial score (nSPS) is 42.0. The Bertz CT molecular complexity index is 306. The first-order valence-corrected chi connectivity index (χ1v) is 9.12. The quantitative estimate of drug-likeness (QED) is 0.856. The summed E-state index contributed by atoms with van der Waals surface area (Å²) >= 11 is 2.12. The number of piperidine rings is 1. The number of nitrogens with zero attached hydrogens (tertiary/aromatic N) is 2. The molecule has 0 amide bonds. The minimum absolute atomic E-state index is 0.301. The Morgan fingerprint density at radius 3 is 2.63 bits per heavy atom. The molecule has 3 fully saturated rings. The van der Waals surface area contributed by atoms with E-state index in [-0.39, 0.29) is 0 Å². The van der Waals surface area contributed by atoms with Crippen LogP contribution in [-0.4, -0.2) is 65.1 Å². The average Bonchev–Trinajstić information content (AvgIpc) is 3.07. The molecule has 3 unspecified atom stereocenters. The highest BCUT2D eigenvalue weighted by Crippen LogP contribution is 2.41. The van der Waals surface area contributed by atoms with Gasteiger partial charge in [0.2, 0.25) is 0 Å². The zero-order valence-electron chi connectivity index (χ0n) is 12.3. The van der Waals surface area contributed by atoms with Crippen LogP contribution in [0, 0.1) is 0 Å². The third-order valence-corrected chi connectivity index (χ3v) is 7.09. The topological polar surface area (TPSA) is 32.5 Å². The molecule has 19 heavy (non-hydrogen) atoms. The van der Waals surface area contributed by atoms with Gasteiger partial charge in [-0.15, -0.1) is 0 Å². The van der Waals surface area contributed by atoms with E-state index in [9.17, 15) is 0 Å². The first kappa shape index (κ1) is 14.2. The van der Waals surface area contributed by atoms with E-state index in [1.54, 1.807) is 0 Å². The van der Waals surface area contributed by atoms with Crippen molar-refractivity contribution in [3.63, 3.8) is 0 Å². The van der Waals surface area contributed by atoms with Crippen molar-refractivity contribution in [1.82, 2.24) is 9.80 Å². The van der Waals surface area contributed by atoms with E-state index in [0.717, 1.165) is 12.6 Å². The molecule has 0 aromatic rings. The number of hydrogen-bond donors (Lipinski definition) is 1. The molecule has 3 rings (SSSR count). The van der Waals surface area contributed by atoms with Crippen LogP contribution in [0.25, 0.3) is 0 Å². The molecule has 3 aliphatic rings. The fourth-order valence-corrected chi connectivity index (χ4v) is 5.81. The highest BCUT2D eigenvalue weighted by molar-refractivity contribution is 8.00. The Morgan fingerprint density at radius 1 is 1.21 bits per heavy atom. The summed E-state index contributed by atoms with van der Waals surface area (Å²) in [5.41, 5.74) is 6.50. The largest absolute Gasteiger partial charge is 0.329 e. The molecule has 2 N–H and O–H groups in total. The first-order valence-electron chi connectivity index (χ1n) is 8.07. The summed E-state index contributed by atoms with van der Waals surface area (Å²) in [5, 5.41) is 0.706. The minimum atomic E-state index is 0.301. The Morgan fingerprint density at radius 2 is 2.00 bits per heavy atom. The van der Waals surface area contributed by atoms with Crippen LogP contribution >= 0.6 is 11.8 Å². The molecule has 0 aromatic carbocycles. The monoisotopic (exact) mass is 283 g/mol. The van der Waals surface area contributed by atoms with E-state index in [1.165, 1.54) is 64.0 Å². The summed E-state index contributed by atoms with van der Waals surface area (Å²) in [6.07, 6.45) is 6.91. The molecule has 0 spiro atoms. The number of thioether (sulfide) groups is 1. The van der Waals surface area contributed by atoms with Gasteiger partial charge in [0.1, 0.15) is 0 Å². The van der Waals surface area contributed by atoms with E-state index < -0.39 is 0 Å². The van der Waals surface area contributed by atoms with Crippen molar-refractivity contribution in [2.45, 2.75) is 55.9 Å². The van der Waals surface area contributed by atoms with Gasteiger partial charge in [0.05, 0.1) is 0 Å². The number of likely N-dealkylation sites (tertiary alicyclic amines) is 2. The van der Waals surface area contributed by atoms with Crippen LogP contribution in [0.5, 0.6) is 0 Å². The molecular weight excluding hydrogens is 254 g/mol. The van der Waals surface area contributed by atoms with Gasteiger partial charge in [-0.1, -0.05) is 13.3 Å². The number of hydrogen-bond acceptors (Lipinski definition) is 4. The molecule has 0 saturated carbocycles. The molecule has 3 nitrogen and oxygen atoms in total. The molecule has 3 atom stereocenters. The first-order chi connectivity index (χ1) is 9.26. The Hall–Kier alpha value is 0.230. The summed E-state index contributed by atoms with van der Waals surface area (Å²) in [6, 6.07) is 0.807. The van der Waals surface area contributed by atoms with E-state index in [2.05, 4.69) is 28.5 Å². The molecule has 0 radical (unpaired) electrons. The molecule has 3 heterocycles. The maximum Gasteiger partial charge on any atom is 0.0455 e. The third kappa shape index (κ3) is 2.57. The summed E-state index contributed by atoms with van der Waals surface area (Å²) in [7, 11) is 0. The third-order valence-electron chi connectivity index (χ3n) is 5.71.